The van der Waals surface area contributed by atoms with Crippen LogP contribution in [0.1, 0.15) is 41.0 Å². The molecule has 120 valence electrons. The number of furan rings is 1. The maximum atomic E-state index is 6.26. The minimum absolute atomic E-state index is 0.121. The van der Waals surface area contributed by atoms with Gasteiger partial charge >= 0.3 is 0 Å². The number of rotatable bonds is 1. The van der Waals surface area contributed by atoms with Crippen molar-refractivity contribution in [3.8, 4) is 0 Å². The number of benzene rings is 2. The van der Waals surface area contributed by atoms with Crippen LogP contribution in [0.25, 0.3) is 21.9 Å². The average Bonchev–Trinajstić information content (AvgIpc) is 2.92. The molecule has 2 heteroatoms. The quantitative estimate of drug-likeness (QED) is 0.549. The predicted octanol–water partition coefficient (Wildman–Crippen LogP) is 5.99. The molecule has 1 aliphatic heterocycles. The molecule has 0 N–H and O–H groups in total. The molecule has 0 spiro atoms. The monoisotopic (exact) mass is 307 g/mol. The fourth-order valence-electron chi connectivity index (χ4n) is 4.68. The van der Waals surface area contributed by atoms with Gasteiger partial charge in [-0.15, -0.1) is 0 Å². The highest BCUT2D eigenvalue weighted by Gasteiger charge is 2.49. The van der Waals surface area contributed by atoms with Gasteiger partial charge in [0.1, 0.15) is 5.58 Å². The molecule has 1 aromatic heterocycles. The van der Waals surface area contributed by atoms with E-state index in [1.165, 1.54) is 22.9 Å². The predicted molar refractivity (Wildman–Crippen MR) is 98.1 cm³/mol. The Morgan fingerprint density at radius 1 is 0.957 bits per heavy atom. The molecule has 1 atom stereocenters. The maximum Gasteiger partial charge on any atom is 0.158 e. The Hall–Kier alpha value is -1.96. The van der Waals surface area contributed by atoms with E-state index in [-0.39, 0.29) is 11.0 Å². The Bertz CT molecular complexity index is 887. The number of hydrogen-bond donors (Lipinski definition) is 0. The van der Waals surface area contributed by atoms with E-state index >= 15 is 0 Å². The number of para-hydroxylation sites is 2. The van der Waals surface area contributed by atoms with Crippen molar-refractivity contribution in [3.63, 3.8) is 0 Å². The van der Waals surface area contributed by atoms with Gasteiger partial charge < -0.3 is 9.32 Å². The molecule has 2 nitrogen and oxygen atoms in total. The third kappa shape index (κ3) is 2.00. The summed E-state index contributed by atoms with van der Waals surface area (Å²) in [6.07, 6.45) is 1.18. The fraction of sp³-hybridized carbons (Fsp3) is 0.429. The molecule has 0 radical (unpaired) electrons. The summed E-state index contributed by atoms with van der Waals surface area (Å²) in [6.45, 7) is 11.8. The first-order valence-electron chi connectivity index (χ1n) is 8.51. The molecule has 23 heavy (non-hydrogen) atoms. The third-order valence-corrected chi connectivity index (χ3v) is 5.70. The lowest BCUT2D eigenvalue weighted by Crippen LogP contribution is -2.43. The van der Waals surface area contributed by atoms with Gasteiger partial charge in [-0.05, 0) is 44.7 Å². The Morgan fingerprint density at radius 2 is 1.65 bits per heavy atom. The van der Waals surface area contributed by atoms with Crippen molar-refractivity contribution in [2.45, 2.75) is 52.6 Å². The molecule has 0 saturated carbocycles. The molecule has 3 aromatic rings. The lowest BCUT2D eigenvalue weighted by molar-refractivity contribution is 0.329. The van der Waals surface area contributed by atoms with Gasteiger partial charge in [0.2, 0.25) is 0 Å². The third-order valence-electron chi connectivity index (χ3n) is 5.70. The van der Waals surface area contributed by atoms with Crippen molar-refractivity contribution in [1.29, 1.82) is 0 Å². The van der Waals surface area contributed by atoms with Crippen LogP contribution in [0.5, 0.6) is 0 Å². The Kier molecular flexibility index (Phi) is 2.88. The smallest absolute Gasteiger partial charge is 0.158 e. The van der Waals surface area contributed by atoms with Crippen LogP contribution in [0, 0.1) is 5.41 Å². The summed E-state index contributed by atoms with van der Waals surface area (Å²) >= 11 is 0. The SMILES string of the molecule is CC1N(c2cccc3c2oc2ccccc23)C(C)(C)CC1(C)C. The molecule has 0 aliphatic carbocycles. The van der Waals surface area contributed by atoms with Gasteiger partial charge in [-0.2, -0.15) is 0 Å². The lowest BCUT2D eigenvalue weighted by atomic mass is 9.82. The van der Waals surface area contributed by atoms with Crippen molar-refractivity contribution < 1.29 is 4.42 Å². The van der Waals surface area contributed by atoms with Gasteiger partial charge in [0.15, 0.2) is 5.58 Å². The normalized spacial score (nSPS) is 23.0. The zero-order chi connectivity index (χ0) is 16.4. The highest BCUT2D eigenvalue weighted by Crippen LogP contribution is 2.50. The van der Waals surface area contributed by atoms with E-state index in [1.807, 2.05) is 6.07 Å². The molecule has 0 bridgehead atoms. The first kappa shape index (κ1) is 14.6. The van der Waals surface area contributed by atoms with Gasteiger partial charge in [-0.25, -0.2) is 0 Å². The van der Waals surface area contributed by atoms with E-state index in [2.05, 4.69) is 75.9 Å². The van der Waals surface area contributed by atoms with Crippen LogP contribution < -0.4 is 4.90 Å². The second-order valence-corrected chi connectivity index (χ2v) is 8.28. The number of nitrogens with zero attached hydrogens (tertiary/aromatic N) is 1. The van der Waals surface area contributed by atoms with Crippen molar-refractivity contribution >= 4 is 27.6 Å². The molecule has 1 aliphatic rings. The van der Waals surface area contributed by atoms with Crippen LogP contribution in [0.3, 0.4) is 0 Å². The van der Waals surface area contributed by atoms with Crippen LogP contribution in [0.4, 0.5) is 5.69 Å². The number of hydrogen-bond acceptors (Lipinski definition) is 2. The fourth-order valence-corrected chi connectivity index (χ4v) is 4.68. The summed E-state index contributed by atoms with van der Waals surface area (Å²) in [5.41, 5.74) is 3.63. The second-order valence-electron chi connectivity index (χ2n) is 8.28. The summed E-state index contributed by atoms with van der Waals surface area (Å²) < 4.78 is 6.26. The van der Waals surface area contributed by atoms with E-state index in [0.29, 0.717) is 6.04 Å². The minimum Gasteiger partial charge on any atom is -0.454 e. The lowest BCUT2D eigenvalue weighted by Gasteiger charge is -2.37. The van der Waals surface area contributed by atoms with E-state index in [9.17, 15) is 0 Å². The van der Waals surface area contributed by atoms with Gasteiger partial charge in [0, 0.05) is 22.4 Å². The van der Waals surface area contributed by atoms with E-state index in [1.54, 1.807) is 0 Å². The molecule has 1 saturated heterocycles. The van der Waals surface area contributed by atoms with Crippen molar-refractivity contribution in [2.75, 3.05) is 4.90 Å². The van der Waals surface area contributed by atoms with Gasteiger partial charge in [-0.3, -0.25) is 0 Å². The van der Waals surface area contributed by atoms with Crippen LogP contribution >= 0.6 is 0 Å². The van der Waals surface area contributed by atoms with E-state index < -0.39 is 0 Å². The number of fused-ring (bicyclic) bond motifs is 3. The van der Waals surface area contributed by atoms with Crippen molar-refractivity contribution in [3.05, 3.63) is 42.5 Å². The molecule has 1 unspecified atom stereocenters. The summed E-state index contributed by atoms with van der Waals surface area (Å²) in [4.78, 5) is 2.57. The highest BCUT2D eigenvalue weighted by atomic mass is 16.3. The molecule has 0 amide bonds. The van der Waals surface area contributed by atoms with Crippen LogP contribution in [0.15, 0.2) is 46.9 Å². The zero-order valence-electron chi connectivity index (χ0n) is 14.7. The molecular weight excluding hydrogens is 282 g/mol. The van der Waals surface area contributed by atoms with Crippen LogP contribution in [-0.2, 0) is 0 Å². The molecular formula is C21H25NO. The standard InChI is InChI=1S/C21H25NO/c1-14-20(2,3)13-21(4,5)22(14)17-11-8-10-16-15-9-6-7-12-18(15)23-19(16)17/h6-12,14H,13H2,1-5H3. The largest absolute Gasteiger partial charge is 0.454 e. The summed E-state index contributed by atoms with van der Waals surface area (Å²) in [5, 5.41) is 2.42. The second kappa shape index (κ2) is 4.53. The molecule has 1 fully saturated rings. The minimum atomic E-state index is 0.121. The maximum absolute atomic E-state index is 6.26. The van der Waals surface area contributed by atoms with Crippen LogP contribution in [0.2, 0.25) is 0 Å². The average molecular weight is 307 g/mol. The summed E-state index contributed by atoms with van der Waals surface area (Å²) in [6, 6.07) is 15.3. The highest BCUT2D eigenvalue weighted by molar-refractivity contribution is 6.09. The van der Waals surface area contributed by atoms with Crippen molar-refractivity contribution in [1.82, 2.24) is 0 Å². The first-order valence-corrected chi connectivity index (χ1v) is 8.51. The van der Waals surface area contributed by atoms with Crippen molar-refractivity contribution in [2.24, 2.45) is 5.41 Å². The number of anilines is 1. The first-order chi connectivity index (χ1) is 10.8. The molecule has 2 heterocycles. The van der Waals surface area contributed by atoms with E-state index in [0.717, 1.165) is 11.2 Å². The Balaban J connectivity index is 1.99. The molecule has 4 rings (SSSR count). The van der Waals surface area contributed by atoms with Gasteiger partial charge in [0.05, 0.1) is 5.69 Å². The van der Waals surface area contributed by atoms with Gasteiger partial charge in [-0.1, -0.05) is 44.2 Å². The Labute approximate surface area is 138 Å². The molecule has 2 aromatic carbocycles. The summed E-state index contributed by atoms with van der Waals surface area (Å²) in [5.74, 6) is 0. The summed E-state index contributed by atoms with van der Waals surface area (Å²) in [7, 11) is 0. The Morgan fingerprint density at radius 3 is 2.35 bits per heavy atom. The topological polar surface area (TPSA) is 16.4 Å². The van der Waals surface area contributed by atoms with Gasteiger partial charge in [0.25, 0.3) is 0 Å². The van der Waals surface area contributed by atoms with Crippen LogP contribution in [-0.4, -0.2) is 11.6 Å². The zero-order valence-corrected chi connectivity index (χ0v) is 14.7. The van der Waals surface area contributed by atoms with E-state index in [4.69, 9.17) is 4.42 Å².